The van der Waals surface area contributed by atoms with Gasteiger partial charge in [0.15, 0.2) is 5.96 Å². The molecule has 1 aromatic carbocycles. The second-order valence-electron chi connectivity index (χ2n) is 6.43. The van der Waals surface area contributed by atoms with Gasteiger partial charge in [0.1, 0.15) is 5.75 Å². The molecule has 0 radical (unpaired) electrons. The van der Waals surface area contributed by atoms with Gasteiger partial charge in [0.2, 0.25) is 0 Å². The summed E-state index contributed by atoms with van der Waals surface area (Å²) >= 11 is 0. The highest BCUT2D eigenvalue weighted by Gasteiger charge is 2.13. The zero-order valence-corrected chi connectivity index (χ0v) is 16.4. The number of aliphatic imine (C=N–C) groups is 1. The molecule has 0 atom stereocenters. The molecule has 2 rings (SSSR count). The van der Waals surface area contributed by atoms with Crippen LogP contribution in [0.1, 0.15) is 38.8 Å². The quantitative estimate of drug-likeness (QED) is 0.450. The van der Waals surface area contributed by atoms with Crippen molar-refractivity contribution in [3.05, 3.63) is 29.3 Å². The first-order valence-corrected chi connectivity index (χ1v) is 7.79. The van der Waals surface area contributed by atoms with E-state index in [2.05, 4.69) is 61.5 Å². The second-order valence-corrected chi connectivity index (χ2v) is 6.43. The molecule has 0 saturated carbocycles. The van der Waals surface area contributed by atoms with Gasteiger partial charge < -0.3 is 15.4 Å². The SMILES string of the molecule is CCNC(=NCCc1ccc2c(c1)CCO2)NC(C)(C)C.I. The van der Waals surface area contributed by atoms with Crippen molar-refractivity contribution in [1.82, 2.24) is 10.6 Å². The molecule has 124 valence electrons. The Kier molecular flexibility index (Phi) is 7.45. The maximum absolute atomic E-state index is 5.54. The fourth-order valence-corrected chi connectivity index (χ4v) is 2.35. The van der Waals surface area contributed by atoms with Crippen molar-refractivity contribution in [2.45, 2.75) is 46.1 Å². The number of guanidine groups is 1. The minimum atomic E-state index is 0. The van der Waals surface area contributed by atoms with E-state index < -0.39 is 0 Å². The van der Waals surface area contributed by atoms with E-state index in [0.29, 0.717) is 0 Å². The first kappa shape index (κ1) is 19.1. The maximum atomic E-state index is 5.54. The first-order valence-electron chi connectivity index (χ1n) is 7.79. The van der Waals surface area contributed by atoms with Crippen LogP contribution in [0.15, 0.2) is 23.2 Å². The molecule has 0 saturated heterocycles. The number of rotatable bonds is 4. The van der Waals surface area contributed by atoms with Gasteiger partial charge in [-0.05, 0) is 51.3 Å². The van der Waals surface area contributed by atoms with Gasteiger partial charge in [0.25, 0.3) is 0 Å². The van der Waals surface area contributed by atoms with Gasteiger partial charge >= 0.3 is 0 Å². The number of ether oxygens (including phenoxy) is 1. The van der Waals surface area contributed by atoms with E-state index in [-0.39, 0.29) is 29.5 Å². The molecule has 5 heteroatoms. The highest BCUT2D eigenvalue weighted by atomic mass is 127. The van der Waals surface area contributed by atoms with E-state index in [1.165, 1.54) is 11.1 Å². The minimum absolute atomic E-state index is 0. The van der Waals surface area contributed by atoms with Gasteiger partial charge in [-0.1, -0.05) is 12.1 Å². The lowest BCUT2D eigenvalue weighted by molar-refractivity contribution is 0.357. The molecule has 0 spiro atoms. The summed E-state index contributed by atoms with van der Waals surface area (Å²) in [5.74, 6) is 1.93. The fraction of sp³-hybridized carbons (Fsp3) is 0.588. The Morgan fingerprint density at radius 3 is 2.77 bits per heavy atom. The van der Waals surface area contributed by atoms with E-state index in [1.54, 1.807) is 0 Å². The molecule has 4 nitrogen and oxygen atoms in total. The van der Waals surface area contributed by atoms with Crippen molar-refractivity contribution in [3.8, 4) is 5.75 Å². The average molecular weight is 417 g/mol. The Morgan fingerprint density at radius 1 is 1.32 bits per heavy atom. The average Bonchev–Trinajstić information content (AvgIpc) is 2.84. The van der Waals surface area contributed by atoms with E-state index in [4.69, 9.17) is 4.74 Å². The highest BCUT2D eigenvalue weighted by molar-refractivity contribution is 14.0. The number of benzene rings is 1. The number of hydrogen-bond acceptors (Lipinski definition) is 2. The van der Waals surface area contributed by atoms with Crippen molar-refractivity contribution in [3.63, 3.8) is 0 Å². The van der Waals surface area contributed by atoms with Crippen LogP contribution >= 0.6 is 24.0 Å². The molecule has 1 aromatic rings. The van der Waals surface area contributed by atoms with Gasteiger partial charge in [0.05, 0.1) is 6.61 Å². The van der Waals surface area contributed by atoms with Gasteiger partial charge in [-0.15, -0.1) is 24.0 Å². The molecule has 0 aliphatic carbocycles. The van der Waals surface area contributed by atoms with E-state index >= 15 is 0 Å². The molecule has 0 bridgehead atoms. The lowest BCUT2D eigenvalue weighted by atomic mass is 10.1. The van der Waals surface area contributed by atoms with Crippen molar-refractivity contribution in [1.29, 1.82) is 0 Å². The number of nitrogens with one attached hydrogen (secondary N) is 2. The van der Waals surface area contributed by atoms with Gasteiger partial charge in [-0.25, -0.2) is 0 Å². The third-order valence-corrected chi connectivity index (χ3v) is 3.26. The van der Waals surface area contributed by atoms with Crippen LogP contribution < -0.4 is 15.4 Å². The minimum Gasteiger partial charge on any atom is -0.493 e. The first-order chi connectivity index (χ1) is 9.98. The highest BCUT2D eigenvalue weighted by Crippen LogP contribution is 2.25. The normalized spacial score (nSPS) is 13.9. The van der Waals surface area contributed by atoms with Crippen LogP contribution in [0.4, 0.5) is 0 Å². The van der Waals surface area contributed by atoms with Crippen LogP contribution in [0.25, 0.3) is 0 Å². The van der Waals surface area contributed by atoms with Gasteiger partial charge in [-0.3, -0.25) is 4.99 Å². The van der Waals surface area contributed by atoms with E-state index in [0.717, 1.165) is 44.2 Å². The van der Waals surface area contributed by atoms with E-state index in [9.17, 15) is 0 Å². The fourth-order valence-electron chi connectivity index (χ4n) is 2.35. The Labute approximate surface area is 151 Å². The lowest BCUT2D eigenvalue weighted by Gasteiger charge is -2.23. The van der Waals surface area contributed by atoms with Crippen LogP contribution in [0.2, 0.25) is 0 Å². The number of hydrogen-bond donors (Lipinski definition) is 2. The topological polar surface area (TPSA) is 45.7 Å². The molecule has 22 heavy (non-hydrogen) atoms. The van der Waals surface area contributed by atoms with Crippen LogP contribution in [-0.4, -0.2) is 31.2 Å². The van der Waals surface area contributed by atoms with E-state index in [1.807, 2.05) is 0 Å². The summed E-state index contributed by atoms with van der Waals surface area (Å²) in [6, 6.07) is 6.48. The Hall–Kier alpha value is -0.980. The summed E-state index contributed by atoms with van der Waals surface area (Å²) in [7, 11) is 0. The number of fused-ring (bicyclic) bond motifs is 1. The smallest absolute Gasteiger partial charge is 0.191 e. The zero-order valence-electron chi connectivity index (χ0n) is 14.0. The third kappa shape index (κ3) is 6.02. The number of halogens is 1. The molecular weight excluding hydrogens is 389 g/mol. The Morgan fingerprint density at radius 2 is 2.09 bits per heavy atom. The Bertz CT molecular complexity index is 509. The summed E-state index contributed by atoms with van der Waals surface area (Å²) < 4.78 is 5.54. The molecule has 1 aliphatic heterocycles. The van der Waals surface area contributed by atoms with Crippen LogP contribution in [0, 0.1) is 0 Å². The molecule has 1 aliphatic rings. The predicted molar refractivity (Wildman–Crippen MR) is 104 cm³/mol. The van der Waals surface area contributed by atoms with Gasteiger partial charge in [0, 0.05) is 25.0 Å². The van der Waals surface area contributed by atoms with Gasteiger partial charge in [-0.2, -0.15) is 0 Å². The Balaban J connectivity index is 0.00000242. The van der Waals surface area contributed by atoms with Crippen molar-refractivity contribution >= 4 is 29.9 Å². The molecule has 2 N–H and O–H groups in total. The maximum Gasteiger partial charge on any atom is 0.191 e. The third-order valence-electron chi connectivity index (χ3n) is 3.26. The monoisotopic (exact) mass is 417 g/mol. The molecule has 0 aromatic heterocycles. The summed E-state index contributed by atoms with van der Waals surface area (Å²) in [5.41, 5.74) is 2.68. The van der Waals surface area contributed by atoms with Crippen molar-refractivity contribution in [2.24, 2.45) is 4.99 Å². The molecular formula is C17H28IN3O. The van der Waals surface area contributed by atoms with Crippen LogP contribution in [0.3, 0.4) is 0 Å². The molecule has 0 amide bonds. The second kappa shape index (κ2) is 8.60. The standard InChI is InChI=1S/C17H27N3O.HI/c1-5-18-16(20-17(2,3)4)19-10-8-13-6-7-15-14(12-13)9-11-21-15;/h6-7,12H,5,8-11H2,1-4H3,(H2,18,19,20);1H. The summed E-state index contributed by atoms with van der Waals surface area (Å²) in [6.07, 6.45) is 1.98. The summed E-state index contributed by atoms with van der Waals surface area (Å²) in [4.78, 5) is 4.65. The van der Waals surface area contributed by atoms with Crippen molar-refractivity contribution in [2.75, 3.05) is 19.7 Å². The summed E-state index contributed by atoms with van der Waals surface area (Å²) in [6.45, 7) is 11.0. The number of nitrogens with zero attached hydrogens (tertiary/aromatic N) is 1. The largest absolute Gasteiger partial charge is 0.493 e. The molecule has 1 heterocycles. The molecule has 0 unspecified atom stereocenters. The molecule has 0 fully saturated rings. The van der Waals surface area contributed by atoms with Crippen molar-refractivity contribution < 1.29 is 4.74 Å². The zero-order chi connectivity index (χ0) is 15.3. The van der Waals surface area contributed by atoms with Crippen LogP contribution in [0.5, 0.6) is 5.75 Å². The predicted octanol–water partition coefficient (Wildman–Crippen LogP) is 3.14. The summed E-state index contributed by atoms with van der Waals surface area (Å²) in [5, 5.41) is 6.69. The van der Waals surface area contributed by atoms with Crippen LogP contribution in [-0.2, 0) is 12.8 Å². The lowest BCUT2D eigenvalue weighted by Crippen LogP contribution is -2.47.